The summed E-state index contributed by atoms with van der Waals surface area (Å²) in [6.45, 7) is 7.78. The van der Waals surface area contributed by atoms with Gasteiger partial charge in [0.1, 0.15) is 11.4 Å². The van der Waals surface area contributed by atoms with Crippen molar-refractivity contribution in [3.8, 4) is 22.7 Å². The van der Waals surface area contributed by atoms with Gasteiger partial charge >= 0.3 is 6.09 Å². The molecule has 3 rings (SSSR count). The maximum Gasteiger partial charge on any atom is 0.407 e. The summed E-state index contributed by atoms with van der Waals surface area (Å²) >= 11 is 0. The summed E-state index contributed by atoms with van der Waals surface area (Å²) in [6.07, 6.45) is -0.503. The molecule has 1 atom stereocenters. The van der Waals surface area contributed by atoms with Crippen molar-refractivity contribution in [2.75, 3.05) is 7.11 Å². The standard InChI is InChI=1S/C25H31N3O4/c1-6-23(29)21-15-22(28(27-21)19-11-13-20(31-5)14-12-19)18-9-7-17(8-10-18)16-26-24(30)32-25(2,3)4/h7-15,23,29H,6,16H2,1-5H3,(H,26,30). The predicted octanol–water partition coefficient (Wildman–Crippen LogP) is 5.02. The first-order valence-corrected chi connectivity index (χ1v) is 10.7. The number of ether oxygens (including phenoxy) is 2. The summed E-state index contributed by atoms with van der Waals surface area (Å²) in [5.74, 6) is 0.762. The second-order valence-electron chi connectivity index (χ2n) is 8.54. The van der Waals surface area contributed by atoms with Crippen LogP contribution in [0.15, 0.2) is 54.6 Å². The summed E-state index contributed by atoms with van der Waals surface area (Å²) in [6, 6.07) is 17.4. The number of aliphatic hydroxyl groups excluding tert-OH is 1. The zero-order valence-corrected chi connectivity index (χ0v) is 19.3. The quantitative estimate of drug-likeness (QED) is 0.542. The minimum absolute atomic E-state index is 0.368. The Morgan fingerprint density at radius 1 is 1.12 bits per heavy atom. The number of nitrogens with one attached hydrogen (secondary N) is 1. The van der Waals surface area contributed by atoms with E-state index >= 15 is 0 Å². The average Bonchev–Trinajstić information content (AvgIpc) is 3.22. The first-order chi connectivity index (χ1) is 15.2. The number of aromatic nitrogens is 2. The van der Waals surface area contributed by atoms with Gasteiger partial charge in [-0.05, 0) is 63.1 Å². The van der Waals surface area contributed by atoms with E-state index in [1.807, 2.05) is 87.0 Å². The first kappa shape index (κ1) is 23.3. The Morgan fingerprint density at radius 2 is 1.78 bits per heavy atom. The Labute approximate surface area is 189 Å². The highest BCUT2D eigenvalue weighted by atomic mass is 16.6. The second-order valence-corrected chi connectivity index (χ2v) is 8.54. The Balaban J connectivity index is 1.84. The Bertz CT molecular complexity index is 1030. The van der Waals surface area contributed by atoms with Crippen LogP contribution < -0.4 is 10.1 Å². The normalized spacial score (nSPS) is 12.3. The zero-order chi connectivity index (χ0) is 23.3. The number of carbonyl (C=O) groups is 1. The molecule has 0 spiro atoms. The Hall–Kier alpha value is -3.32. The van der Waals surface area contributed by atoms with Gasteiger partial charge < -0.3 is 19.9 Å². The van der Waals surface area contributed by atoms with Gasteiger partial charge in [-0.15, -0.1) is 0 Å². The number of hydrogen-bond acceptors (Lipinski definition) is 5. The summed E-state index contributed by atoms with van der Waals surface area (Å²) in [7, 11) is 1.63. The van der Waals surface area contributed by atoms with E-state index in [0.29, 0.717) is 18.7 Å². The number of amides is 1. The molecule has 7 nitrogen and oxygen atoms in total. The third kappa shape index (κ3) is 5.88. The molecule has 1 unspecified atom stereocenters. The zero-order valence-electron chi connectivity index (χ0n) is 19.3. The van der Waals surface area contributed by atoms with Crippen molar-refractivity contribution >= 4 is 6.09 Å². The molecule has 0 saturated heterocycles. The molecular weight excluding hydrogens is 406 g/mol. The molecule has 0 aliphatic heterocycles. The highest BCUT2D eigenvalue weighted by molar-refractivity contribution is 5.68. The number of aliphatic hydroxyl groups is 1. The van der Waals surface area contributed by atoms with Crippen LogP contribution in [0, 0.1) is 0 Å². The molecule has 1 heterocycles. The van der Waals surface area contributed by atoms with Gasteiger partial charge in [-0.2, -0.15) is 5.10 Å². The molecule has 170 valence electrons. The van der Waals surface area contributed by atoms with E-state index in [9.17, 15) is 9.90 Å². The number of alkyl carbamates (subject to hydrolysis) is 1. The van der Waals surface area contributed by atoms with Gasteiger partial charge in [0, 0.05) is 12.1 Å². The predicted molar refractivity (Wildman–Crippen MR) is 124 cm³/mol. The number of methoxy groups -OCH3 is 1. The average molecular weight is 438 g/mol. The third-order valence-electron chi connectivity index (χ3n) is 4.86. The van der Waals surface area contributed by atoms with Gasteiger partial charge in [-0.1, -0.05) is 31.2 Å². The minimum atomic E-state index is -0.634. The number of carbonyl (C=O) groups excluding carboxylic acids is 1. The van der Waals surface area contributed by atoms with Crippen LogP contribution in [-0.2, 0) is 11.3 Å². The molecule has 0 radical (unpaired) electrons. The monoisotopic (exact) mass is 437 g/mol. The molecule has 7 heteroatoms. The van der Waals surface area contributed by atoms with Crippen molar-refractivity contribution in [2.45, 2.75) is 52.4 Å². The van der Waals surface area contributed by atoms with E-state index in [-0.39, 0.29) is 0 Å². The molecule has 1 aromatic heterocycles. The van der Waals surface area contributed by atoms with E-state index in [1.54, 1.807) is 7.11 Å². The summed E-state index contributed by atoms with van der Waals surface area (Å²) < 4.78 is 12.3. The maximum atomic E-state index is 11.9. The van der Waals surface area contributed by atoms with E-state index in [0.717, 1.165) is 28.3 Å². The third-order valence-corrected chi connectivity index (χ3v) is 4.86. The van der Waals surface area contributed by atoms with Gasteiger partial charge in [0.05, 0.1) is 30.3 Å². The lowest BCUT2D eigenvalue weighted by Gasteiger charge is -2.19. The van der Waals surface area contributed by atoms with E-state index in [4.69, 9.17) is 9.47 Å². The summed E-state index contributed by atoms with van der Waals surface area (Å²) in [5, 5.41) is 17.8. The smallest absolute Gasteiger partial charge is 0.407 e. The van der Waals surface area contributed by atoms with Gasteiger partial charge in [0.2, 0.25) is 0 Å². The highest BCUT2D eigenvalue weighted by Gasteiger charge is 2.17. The summed E-state index contributed by atoms with van der Waals surface area (Å²) in [4.78, 5) is 11.9. The number of hydrogen-bond donors (Lipinski definition) is 2. The van der Waals surface area contributed by atoms with Crippen LogP contribution >= 0.6 is 0 Å². The first-order valence-electron chi connectivity index (χ1n) is 10.7. The molecule has 32 heavy (non-hydrogen) atoms. The van der Waals surface area contributed by atoms with Crippen molar-refractivity contribution in [3.05, 3.63) is 65.9 Å². The largest absolute Gasteiger partial charge is 0.497 e. The fraction of sp³-hybridized carbons (Fsp3) is 0.360. The van der Waals surface area contributed by atoms with Crippen LogP contribution in [0.3, 0.4) is 0 Å². The molecule has 3 aromatic rings. The van der Waals surface area contributed by atoms with Crippen molar-refractivity contribution in [3.63, 3.8) is 0 Å². The Morgan fingerprint density at radius 3 is 2.34 bits per heavy atom. The van der Waals surface area contributed by atoms with E-state index in [2.05, 4.69) is 10.4 Å². The minimum Gasteiger partial charge on any atom is -0.497 e. The number of benzene rings is 2. The fourth-order valence-electron chi connectivity index (χ4n) is 3.18. The van der Waals surface area contributed by atoms with Crippen molar-refractivity contribution < 1.29 is 19.4 Å². The van der Waals surface area contributed by atoms with Crippen molar-refractivity contribution in [1.82, 2.24) is 15.1 Å². The van der Waals surface area contributed by atoms with Gasteiger partial charge in [-0.3, -0.25) is 0 Å². The maximum absolute atomic E-state index is 11.9. The van der Waals surface area contributed by atoms with Gasteiger partial charge in [-0.25, -0.2) is 9.48 Å². The molecule has 0 saturated carbocycles. The lowest BCUT2D eigenvalue weighted by Crippen LogP contribution is -2.32. The lowest BCUT2D eigenvalue weighted by atomic mass is 10.1. The fourth-order valence-corrected chi connectivity index (χ4v) is 3.18. The van der Waals surface area contributed by atoms with Crippen LogP contribution in [0.5, 0.6) is 5.75 Å². The molecule has 0 aliphatic rings. The van der Waals surface area contributed by atoms with Crippen LogP contribution in [0.2, 0.25) is 0 Å². The molecule has 0 aliphatic carbocycles. The molecule has 2 aromatic carbocycles. The highest BCUT2D eigenvalue weighted by Crippen LogP contribution is 2.28. The summed E-state index contributed by atoms with van der Waals surface area (Å²) in [5.41, 5.74) is 3.71. The SMILES string of the molecule is CCC(O)c1cc(-c2ccc(CNC(=O)OC(C)(C)C)cc2)n(-c2ccc(OC)cc2)n1. The number of nitrogens with zero attached hydrogens (tertiary/aromatic N) is 2. The molecular formula is C25H31N3O4. The van der Waals surface area contributed by atoms with Crippen molar-refractivity contribution in [1.29, 1.82) is 0 Å². The van der Waals surface area contributed by atoms with Crippen molar-refractivity contribution in [2.24, 2.45) is 0 Å². The van der Waals surface area contributed by atoms with Crippen LogP contribution in [0.1, 0.15) is 51.5 Å². The second kappa shape index (κ2) is 9.87. The topological polar surface area (TPSA) is 85.6 Å². The van der Waals surface area contributed by atoms with E-state index < -0.39 is 17.8 Å². The molecule has 0 bridgehead atoms. The molecule has 1 amide bonds. The van der Waals surface area contributed by atoms with Crippen LogP contribution in [-0.4, -0.2) is 33.7 Å². The van der Waals surface area contributed by atoms with Crippen LogP contribution in [0.4, 0.5) is 4.79 Å². The molecule has 0 fully saturated rings. The van der Waals surface area contributed by atoms with Gasteiger partial charge in [0.25, 0.3) is 0 Å². The van der Waals surface area contributed by atoms with Crippen LogP contribution in [0.25, 0.3) is 16.9 Å². The van der Waals surface area contributed by atoms with E-state index in [1.165, 1.54) is 0 Å². The Kier molecular flexibility index (Phi) is 7.20. The molecule has 2 N–H and O–H groups in total. The lowest BCUT2D eigenvalue weighted by molar-refractivity contribution is 0.0523. The van der Waals surface area contributed by atoms with Gasteiger partial charge in [0.15, 0.2) is 0 Å². The number of rotatable bonds is 7.